The Hall–Kier alpha value is -2.07. The molecule has 1 N–H and O–H groups in total. The Morgan fingerprint density at radius 2 is 1.64 bits per heavy atom. The fourth-order valence-electron chi connectivity index (χ4n) is 2.06. The summed E-state index contributed by atoms with van der Waals surface area (Å²) in [5, 5.41) is 3.28. The fourth-order valence-corrected chi connectivity index (χ4v) is 2.06. The van der Waals surface area contributed by atoms with Crippen molar-refractivity contribution < 1.29 is 13.9 Å². The van der Waals surface area contributed by atoms with E-state index in [2.05, 4.69) is 12.2 Å². The maximum absolute atomic E-state index is 12.9. The molecule has 0 heterocycles. The van der Waals surface area contributed by atoms with Crippen molar-refractivity contribution in [2.24, 2.45) is 0 Å². The smallest absolute Gasteiger partial charge is 0.161 e. The van der Waals surface area contributed by atoms with Gasteiger partial charge in [0.1, 0.15) is 12.4 Å². The van der Waals surface area contributed by atoms with Gasteiger partial charge in [-0.1, -0.05) is 25.1 Å². The van der Waals surface area contributed by atoms with Crippen molar-refractivity contribution in [3.8, 4) is 11.5 Å². The van der Waals surface area contributed by atoms with Crippen molar-refractivity contribution >= 4 is 0 Å². The van der Waals surface area contributed by atoms with Crippen LogP contribution in [0.2, 0.25) is 0 Å². The third-order valence-corrected chi connectivity index (χ3v) is 3.19. The van der Waals surface area contributed by atoms with Crippen LogP contribution in [0.25, 0.3) is 0 Å². The Morgan fingerprint density at radius 3 is 2.32 bits per heavy atom. The highest BCUT2D eigenvalue weighted by Crippen LogP contribution is 2.29. The van der Waals surface area contributed by atoms with E-state index in [9.17, 15) is 4.39 Å². The zero-order valence-corrected chi connectivity index (χ0v) is 13.1. The number of halogens is 1. The lowest BCUT2D eigenvalue weighted by Gasteiger charge is -2.13. The molecule has 0 spiro atoms. The molecule has 22 heavy (non-hydrogen) atoms. The van der Waals surface area contributed by atoms with Gasteiger partial charge < -0.3 is 14.8 Å². The summed E-state index contributed by atoms with van der Waals surface area (Å²) >= 11 is 0. The second kappa shape index (κ2) is 8.39. The molecule has 0 aliphatic heterocycles. The first kappa shape index (κ1) is 16.3. The molecular weight excluding hydrogens is 281 g/mol. The molecule has 0 unspecified atom stereocenters. The predicted octanol–water partition coefficient (Wildman–Crippen LogP) is 3.91. The summed E-state index contributed by atoms with van der Waals surface area (Å²) in [4.78, 5) is 0. The van der Waals surface area contributed by atoms with Crippen molar-refractivity contribution in [3.05, 3.63) is 59.4 Å². The number of hydrogen-bond donors (Lipinski definition) is 1. The summed E-state index contributed by atoms with van der Waals surface area (Å²) < 4.78 is 24.4. The van der Waals surface area contributed by atoms with Gasteiger partial charge in [-0.25, -0.2) is 4.39 Å². The highest BCUT2D eigenvalue weighted by Gasteiger charge is 2.07. The first-order valence-corrected chi connectivity index (χ1v) is 7.56. The minimum atomic E-state index is -0.244. The van der Waals surface area contributed by atoms with E-state index in [1.54, 1.807) is 12.1 Å². The van der Waals surface area contributed by atoms with Gasteiger partial charge in [-0.3, -0.25) is 0 Å². The highest BCUT2D eigenvalue weighted by atomic mass is 19.1. The quantitative estimate of drug-likeness (QED) is 0.802. The van der Waals surface area contributed by atoms with Crippen LogP contribution in [-0.2, 0) is 13.2 Å². The van der Waals surface area contributed by atoms with Gasteiger partial charge in [-0.15, -0.1) is 0 Å². The van der Waals surface area contributed by atoms with Crippen LogP contribution < -0.4 is 14.8 Å². The molecular formula is C18H22FNO2. The number of rotatable bonds is 8. The molecule has 0 saturated carbocycles. The number of nitrogens with one attached hydrogen (secondary N) is 1. The van der Waals surface area contributed by atoms with Crippen molar-refractivity contribution in [1.82, 2.24) is 5.32 Å². The molecule has 0 aromatic heterocycles. The lowest BCUT2D eigenvalue weighted by molar-refractivity contribution is 0.269. The normalized spacial score (nSPS) is 10.5. The molecule has 0 fully saturated rings. The SMILES string of the molecule is CCNCc1ccc(OCc2ccc(F)cc2)c(OCC)c1. The zero-order valence-electron chi connectivity index (χ0n) is 13.1. The number of hydrogen-bond acceptors (Lipinski definition) is 3. The lowest BCUT2D eigenvalue weighted by atomic mass is 10.2. The maximum atomic E-state index is 12.9. The highest BCUT2D eigenvalue weighted by molar-refractivity contribution is 5.43. The van der Waals surface area contributed by atoms with Crippen LogP contribution in [0.3, 0.4) is 0 Å². The molecule has 2 aromatic rings. The van der Waals surface area contributed by atoms with Gasteiger partial charge in [0.05, 0.1) is 6.61 Å². The van der Waals surface area contributed by atoms with Crippen LogP contribution in [0.15, 0.2) is 42.5 Å². The third kappa shape index (κ3) is 4.74. The summed E-state index contributed by atoms with van der Waals surface area (Å²) in [6, 6.07) is 12.2. The van der Waals surface area contributed by atoms with E-state index in [1.807, 2.05) is 25.1 Å². The monoisotopic (exact) mass is 303 g/mol. The van der Waals surface area contributed by atoms with Crippen LogP contribution in [0, 0.1) is 5.82 Å². The second-order valence-electron chi connectivity index (χ2n) is 4.91. The van der Waals surface area contributed by atoms with E-state index in [0.29, 0.717) is 19.0 Å². The van der Waals surface area contributed by atoms with Crippen molar-refractivity contribution in [3.63, 3.8) is 0 Å². The first-order valence-electron chi connectivity index (χ1n) is 7.56. The standard InChI is InChI=1S/C18H22FNO2/c1-3-20-12-15-7-10-17(18(11-15)21-4-2)22-13-14-5-8-16(19)9-6-14/h5-11,20H,3-4,12-13H2,1-2H3. The van der Waals surface area contributed by atoms with E-state index >= 15 is 0 Å². The number of ether oxygens (including phenoxy) is 2. The van der Waals surface area contributed by atoms with Gasteiger partial charge in [0.2, 0.25) is 0 Å². The van der Waals surface area contributed by atoms with Gasteiger partial charge in [0.25, 0.3) is 0 Å². The summed E-state index contributed by atoms with van der Waals surface area (Å²) in [6.07, 6.45) is 0. The average Bonchev–Trinajstić information content (AvgIpc) is 2.54. The van der Waals surface area contributed by atoms with Crippen LogP contribution >= 0.6 is 0 Å². The first-order chi connectivity index (χ1) is 10.7. The van der Waals surface area contributed by atoms with E-state index in [-0.39, 0.29) is 5.82 Å². The van der Waals surface area contributed by atoms with Crippen LogP contribution in [0.1, 0.15) is 25.0 Å². The summed E-state index contributed by atoms with van der Waals surface area (Å²) in [5.41, 5.74) is 2.07. The average molecular weight is 303 g/mol. The minimum Gasteiger partial charge on any atom is -0.490 e. The van der Waals surface area contributed by atoms with E-state index in [0.717, 1.165) is 30.0 Å². The topological polar surface area (TPSA) is 30.5 Å². The Kier molecular flexibility index (Phi) is 6.22. The van der Waals surface area contributed by atoms with Crippen molar-refractivity contribution in [1.29, 1.82) is 0 Å². The Balaban J connectivity index is 2.06. The number of benzene rings is 2. The summed E-state index contributed by atoms with van der Waals surface area (Å²) in [7, 11) is 0. The Morgan fingerprint density at radius 1 is 0.909 bits per heavy atom. The molecule has 4 heteroatoms. The predicted molar refractivity (Wildman–Crippen MR) is 85.7 cm³/mol. The van der Waals surface area contributed by atoms with Crippen molar-refractivity contribution in [2.45, 2.75) is 27.0 Å². The Labute approximate surface area is 131 Å². The molecule has 0 amide bonds. The van der Waals surface area contributed by atoms with Crippen LogP contribution in [0.5, 0.6) is 11.5 Å². The third-order valence-electron chi connectivity index (χ3n) is 3.19. The fraction of sp³-hybridized carbons (Fsp3) is 0.333. The molecule has 3 nitrogen and oxygen atoms in total. The molecule has 0 bridgehead atoms. The van der Waals surface area contributed by atoms with E-state index < -0.39 is 0 Å². The van der Waals surface area contributed by atoms with Crippen LogP contribution in [0.4, 0.5) is 4.39 Å². The van der Waals surface area contributed by atoms with Gasteiger partial charge >= 0.3 is 0 Å². The molecule has 0 radical (unpaired) electrons. The molecule has 0 atom stereocenters. The van der Waals surface area contributed by atoms with Crippen LogP contribution in [-0.4, -0.2) is 13.2 Å². The second-order valence-corrected chi connectivity index (χ2v) is 4.91. The molecule has 0 aliphatic carbocycles. The van der Waals surface area contributed by atoms with Gasteiger partial charge in [0.15, 0.2) is 11.5 Å². The van der Waals surface area contributed by atoms with Crippen molar-refractivity contribution in [2.75, 3.05) is 13.2 Å². The van der Waals surface area contributed by atoms with E-state index in [1.165, 1.54) is 12.1 Å². The lowest BCUT2D eigenvalue weighted by Crippen LogP contribution is -2.12. The maximum Gasteiger partial charge on any atom is 0.161 e. The molecule has 2 rings (SSSR count). The summed E-state index contributed by atoms with van der Waals surface area (Å²) in [5.74, 6) is 1.19. The molecule has 2 aromatic carbocycles. The largest absolute Gasteiger partial charge is 0.490 e. The minimum absolute atomic E-state index is 0.244. The molecule has 0 aliphatic rings. The van der Waals surface area contributed by atoms with Gasteiger partial charge in [-0.05, 0) is 48.9 Å². The summed E-state index contributed by atoms with van der Waals surface area (Å²) in [6.45, 7) is 6.70. The molecule has 118 valence electrons. The van der Waals surface area contributed by atoms with Gasteiger partial charge in [0, 0.05) is 6.54 Å². The molecule has 0 saturated heterocycles. The Bertz CT molecular complexity index is 584. The van der Waals surface area contributed by atoms with E-state index in [4.69, 9.17) is 9.47 Å². The zero-order chi connectivity index (χ0) is 15.8. The van der Waals surface area contributed by atoms with Gasteiger partial charge in [-0.2, -0.15) is 0 Å².